The molecule has 25 heavy (non-hydrogen) atoms. The van der Waals surface area contributed by atoms with Gasteiger partial charge < -0.3 is 19.3 Å². The summed E-state index contributed by atoms with van der Waals surface area (Å²) in [6.45, 7) is 3.49. The summed E-state index contributed by atoms with van der Waals surface area (Å²) in [4.78, 5) is 18.0. The summed E-state index contributed by atoms with van der Waals surface area (Å²) in [5.74, 6) is 2.24. The van der Waals surface area contributed by atoms with Gasteiger partial charge >= 0.3 is 0 Å². The number of rotatable bonds is 4. The molecule has 0 radical (unpaired) electrons. The first-order chi connectivity index (χ1) is 12.3. The normalized spacial score (nSPS) is 14.8. The molecule has 4 rings (SSSR count). The molecule has 0 spiro atoms. The summed E-state index contributed by atoms with van der Waals surface area (Å²) in [5.41, 5.74) is 0.936. The zero-order valence-corrected chi connectivity index (χ0v) is 15.0. The number of thiazole rings is 1. The van der Waals surface area contributed by atoms with Crippen molar-refractivity contribution in [3.63, 3.8) is 0 Å². The zero-order valence-electron chi connectivity index (χ0n) is 14.2. The monoisotopic (exact) mass is 357 g/mol. The van der Waals surface area contributed by atoms with E-state index in [2.05, 4.69) is 25.8 Å². The van der Waals surface area contributed by atoms with E-state index in [0.29, 0.717) is 5.75 Å². The first kappa shape index (κ1) is 15.9. The molecule has 8 heteroatoms. The quantitative estimate of drug-likeness (QED) is 0.710. The Balaban J connectivity index is 1.48. The van der Waals surface area contributed by atoms with Gasteiger partial charge in [0, 0.05) is 26.2 Å². The summed E-state index contributed by atoms with van der Waals surface area (Å²) in [6, 6.07) is 6.04. The maximum Gasteiger partial charge on any atom is 0.225 e. The van der Waals surface area contributed by atoms with E-state index in [1.165, 1.54) is 0 Å². The minimum atomic E-state index is 0.672. The molecule has 1 aliphatic heterocycles. The summed E-state index contributed by atoms with van der Waals surface area (Å²) in [7, 11) is 3.30. The van der Waals surface area contributed by atoms with Crippen LogP contribution in [-0.2, 0) is 0 Å². The van der Waals surface area contributed by atoms with Crippen molar-refractivity contribution in [2.45, 2.75) is 0 Å². The zero-order chi connectivity index (χ0) is 17.2. The number of methoxy groups -OCH3 is 2. The first-order valence-corrected chi connectivity index (χ1v) is 8.89. The number of hydrogen-bond acceptors (Lipinski definition) is 8. The minimum Gasteiger partial charge on any atom is -0.494 e. The van der Waals surface area contributed by atoms with Gasteiger partial charge in [-0.3, -0.25) is 0 Å². The smallest absolute Gasteiger partial charge is 0.225 e. The maximum atomic E-state index is 5.41. The van der Waals surface area contributed by atoms with Gasteiger partial charge in [-0.25, -0.2) is 15.0 Å². The van der Waals surface area contributed by atoms with Gasteiger partial charge in [0.25, 0.3) is 0 Å². The van der Waals surface area contributed by atoms with Crippen LogP contribution in [0, 0.1) is 0 Å². The average molecular weight is 357 g/mol. The second-order valence-electron chi connectivity index (χ2n) is 5.70. The summed E-state index contributed by atoms with van der Waals surface area (Å²) in [5, 5.41) is 1.04. The minimum absolute atomic E-state index is 0.672. The number of hydrogen-bond donors (Lipinski definition) is 0. The van der Waals surface area contributed by atoms with Crippen LogP contribution in [0.3, 0.4) is 0 Å². The van der Waals surface area contributed by atoms with Crippen LogP contribution in [-0.4, -0.2) is 55.4 Å². The molecule has 2 aromatic heterocycles. The van der Waals surface area contributed by atoms with Crippen LogP contribution in [0.4, 0.5) is 11.1 Å². The molecular formula is C17H19N5O2S. The maximum absolute atomic E-state index is 5.41. The molecule has 0 atom stereocenters. The molecule has 0 amide bonds. The highest BCUT2D eigenvalue weighted by atomic mass is 32.1. The third-order valence-electron chi connectivity index (χ3n) is 4.27. The molecule has 1 saturated heterocycles. The van der Waals surface area contributed by atoms with Crippen molar-refractivity contribution in [1.82, 2.24) is 15.0 Å². The van der Waals surface area contributed by atoms with Crippen LogP contribution in [0.2, 0.25) is 0 Å². The molecule has 3 heterocycles. The number of fused-ring (bicyclic) bond motifs is 1. The Morgan fingerprint density at radius 1 is 0.960 bits per heavy atom. The van der Waals surface area contributed by atoms with Gasteiger partial charge in [0.05, 0.1) is 31.3 Å². The van der Waals surface area contributed by atoms with Gasteiger partial charge in [-0.05, 0) is 12.1 Å². The highest BCUT2D eigenvalue weighted by Crippen LogP contribution is 2.34. The van der Waals surface area contributed by atoms with Crippen molar-refractivity contribution in [1.29, 1.82) is 0 Å². The van der Waals surface area contributed by atoms with E-state index in [4.69, 9.17) is 14.5 Å². The fourth-order valence-electron chi connectivity index (χ4n) is 2.89. The molecule has 0 unspecified atom stereocenters. The number of benzene rings is 1. The van der Waals surface area contributed by atoms with Crippen molar-refractivity contribution in [3.8, 4) is 11.5 Å². The molecule has 7 nitrogen and oxygen atoms in total. The Morgan fingerprint density at radius 2 is 1.68 bits per heavy atom. The van der Waals surface area contributed by atoms with Crippen molar-refractivity contribution in [3.05, 3.63) is 30.6 Å². The van der Waals surface area contributed by atoms with Crippen LogP contribution in [0.5, 0.6) is 11.5 Å². The Kier molecular flexibility index (Phi) is 4.27. The van der Waals surface area contributed by atoms with Crippen LogP contribution in [0.1, 0.15) is 0 Å². The Labute approximate surface area is 149 Å². The van der Waals surface area contributed by atoms with E-state index in [-0.39, 0.29) is 0 Å². The van der Waals surface area contributed by atoms with E-state index < -0.39 is 0 Å². The van der Waals surface area contributed by atoms with Crippen LogP contribution >= 0.6 is 11.3 Å². The molecule has 3 aromatic rings. The number of anilines is 2. The van der Waals surface area contributed by atoms with Gasteiger partial charge in [0.1, 0.15) is 11.3 Å². The number of nitrogens with zero attached hydrogens (tertiary/aromatic N) is 5. The van der Waals surface area contributed by atoms with Gasteiger partial charge in [-0.15, -0.1) is 0 Å². The van der Waals surface area contributed by atoms with Gasteiger partial charge in [-0.1, -0.05) is 17.4 Å². The molecule has 130 valence electrons. The third-order valence-corrected chi connectivity index (χ3v) is 5.36. The Bertz CT molecular complexity index is 859. The summed E-state index contributed by atoms with van der Waals surface area (Å²) in [6.07, 6.45) is 3.41. The van der Waals surface area contributed by atoms with Crippen molar-refractivity contribution >= 4 is 32.6 Å². The second-order valence-corrected chi connectivity index (χ2v) is 6.71. The SMILES string of the molecule is COc1cnc(N2CCN(c3nc4c(OC)cccc4s3)CC2)nc1. The first-order valence-electron chi connectivity index (χ1n) is 8.08. The molecule has 1 aliphatic rings. The van der Waals surface area contributed by atoms with Crippen molar-refractivity contribution < 1.29 is 9.47 Å². The van der Waals surface area contributed by atoms with Crippen LogP contribution < -0.4 is 19.3 Å². The standard InChI is InChI=1S/C17H19N5O2S/c1-23-12-10-18-16(19-11-12)21-6-8-22(9-7-21)17-20-15-13(24-2)4-3-5-14(15)25-17/h3-5,10-11H,6-9H2,1-2H3. The molecule has 0 bridgehead atoms. The van der Waals surface area contributed by atoms with Gasteiger partial charge in [-0.2, -0.15) is 0 Å². The van der Waals surface area contributed by atoms with E-state index in [1.54, 1.807) is 38.0 Å². The fraction of sp³-hybridized carbons (Fsp3) is 0.353. The van der Waals surface area contributed by atoms with E-state index in [9.17, 15) is 0 Å². The second kappa shape index (κ2) is 6.72. The molecule has 1 fully saturated rings. The van der Waals surface area contributed by atoms with Crippen LogP contribution in [0.15, 0.2) is 30.6 Å². The summed E-state index contributed by atoms with van der Waals surface area (Å²) < 4.78 is 11.7. The van der Waals surface area contributed by atoms with E-state index in [1.807, 2.05) is 12.1 Å². The highest BCUT2D eigenvalue weighted by Gasteiger charge is 2.22. The number of piperazine rings is 1. The molecular weight excluding hydrogens is 338 g/mol. The van der Waals surface area contributed by atoms with Crippen LogP contribution in [0.25, 0.3) is 10.2 Å². The molecule has 1 aromatic carbocycles. The lowest BCUT2D eigenvalue weighted by atomic mass is 10.3. The lowest BCUT2D eigenvalue weighted by molar-refractivity contribution is 0.410. The largest absolute Gasteiger partial charge is 0.494 e. The lowest BCUT2D eigenvalue weighted by Crippen LogP contribution is -2.47. The lowest BCUT2D eigenvalue weighted by Gasteiger charge is -2.34. The predicted octanol–water partition coefficient (Wildman–Crippen LogP) is 2.43. The average Bonchev–Trinajstić information content (AvgIpc) is 3.12. The Morgan fingerprint density at radius 3 is 2.36 bits per heavy atom. The topological polar surface area (TPSA) is 63.6 Å². The summed E-state index contributed by atoms with van der Waals surface area (Å²) >= 11 is 1.70. The highest BCUT2D eigenvalue weighted by molar-refractivity contribution is 7.22. The molecule has 0 aliphatic carbocycles. The third kappa shape index (κ3) is 3.05. The van der Waals surface area contributed by atoms with Crippen molar-refractivity contribution in [2.75, 3.05) is 50.2 Å². The predicted molar refractivity (Wildman–Crippen MR) is 99.2 cm³/mol. The molecule has 0 saturated carbocycles. The Hall–Kier alpha value is -2.61. The van der Waals surface area contributed by atoms with E-state index in [0.717, 1.165) is 53.2 Å². The number of aromatic nitrogens is 3. The fourth-order valence-corrected chi connectivity index (χ4v) is 3.92. The number of para-hydroxylation sites is 1. The van der Waals surface area contributed by atoms with Gasteiger partial charge in [0.15, 0.2) is 10.9 Å². The molecule has 0 N–H and O–H groups in total. The number of ether oxygens (including phenoxy) is 2. The van der Waals surface area contributed by atoms with E-state index >= 15 is 0 Å². The van der Waals surface area contributed by atoms with Crippen molar-refractivity contribution in [2.24, 2.45) is 0 Å². The van der Waals surface area contributed by atoms with Gasteiger partial charge in [0.2, 0.25) is 5.95 Å².